The number of carbonyl (C=O) groups is 1. The zero-order valence-electron chi connectivity index (χ0n) is 13.4. The lowest BCUT2D eigenvalue weighted by molar-refractivity contribution is -0.129. The van der Waals surface area contributed by atoms with Gasteiger partial charge in [-0.15, -0.1) is 0 Å². The van der Waals surface area contributed by atoms with Crippen LogP contribution in [-0.2, 0) is 10.2 Å². The Morgan fingerprint density at radius 1 is 1.05 bits per heavy atom. The Labute approximate surface area is 117 Å². The van der Waals surface area contributed by atoms with Crippen molar-refractivity contribution in [1.82, 2.24) is 10.4 Å². The van der Waals surface area contributed by atoms with E-state index >= 15 is 0 Å². The molecule has 0 saturated heterocycles. The summed E-state index contributed by atoms with van der Waals surface area (Å²) in [6.45, 7) is 12.4. The van der Waals surface area contributed by atoms with Gasteiger partial charge in [-0.3, -0.25) is 10.2 Å². The van der Waals surface area contributed by atoms with Crippen molar-refractivity contribution in [2.45, 2.75) is 47.0 Å². The highest BCUT2D eigenvalue weighted by Gasteiger charge is 2.33. The van der Waals surface area contributed by atoms with Crippen molar-refractivity contribution < 1.29 is 4.79 Å². The maximum Gasteiger partial charge on any atom is 0.244 e. The van der Waals surface area contributed by atoms with Crippen LogP contribution in [0.3, 0.4) is 0 Å². The van der Waals surface area contributed by atoms with E-state index in [9.17, 15) is 4.79 Å². The molecule has 0 spiro atoms. The van der Waals surface area contributed by atoms with Crippen LogP contribution in [0.1, 0.15) is 41.7 Å². The van der Waals surface area contributed by atoms with E-state index in [0.29, 0.717) is 0 Å². The van der Waals surface area contributed by atoms with Gasteiger partial charge in [-0.05, 0) is 69.4 Å². The van der Waals surface area contributed by atoms with Gasteiger partial charge in [-0.2, -0.15) is 0 Å². The van der Waals surface area contributed by atoms with Crippen LogP contribution in [0.5, 0.6) is 0 Å². The van der Waals surface area contributed by atoms with Gasteiger partial charge in [-0.1, -0.05) is 6.07 Å². The summed E-state index contributed by atoms with van der Waals surface area (Å²) in [5, 5.41) is 1.69. The van der Waals surface area contributed by atoms with Gasteiger partial charge in [0.05, 0.1) is 5.41 Å². The fraction of sp³-hybridized carbons (Fsp3) is 0.562. The number of nitrogens with zero attached hydrogens (tertiary/aromatic N) is 1. The van der Waals surface area contributed by atoms with E-state index < -0.39 is 5.41 Å². The molecule has 0 bridgehead atoms. The summed E-state index contributed by atoms with van der Waals surface area (Å²) in [6.07, 6.45) is 0. The van der Waals surface area contributed by atoms with E-state index in [0.717, 1.165) is 5.56 Å². The highest BCUT2D eigenvalue weighted by Crippen LogP contribution is 2.33. The molecule has 1 N–H and O–H groups in total. The van der Waals surface area contributed by atoms with Crippen LogP contribution in [0, 0.1) is 27.7 Å². The molecule has 3 heteroatoms. The Morgan fingerprint density at radius 2 is 1.47 bits per heavy atom. The monoisotopic (exact) mass is 262 g/mol. The highest BCUT2D eigenvalue weighted by atomic mass is 16.2. The fourth-order valence-electron chi connectivity index (χ4n) is 2.61. The highest BCUT2D eigenvalue weighted by molar-refractivity contribution is 5.88. The minimum absolute atomic E-state index is 0.0219. The summed E-state index contributed by atoms with van der Waals surface area (Å²) in [6, 6.07) is 2.19. The Morgan fingerprint density at radius 3 is 1.84 bits per heavy atom. The largest absolute Gasteiger partial charge is 0.289 e. The Bertz CT molecular complexity index is 476. The molecule has 1 aromatic carbocycles. The summed E-state index contributed by atoms with van der Waals surface area (Å²) in [7, 11) is 3.66. The van der Waals surface area contributed by atoms with Crippen molar-refractivity contribution in [3.8, 4) is 0 Å². The van der Waals surface area contributed by atoms with Crippen molar-refractivity contribution >= 4 is 5.91 Å². The molecule has 0 aromatic heterocycles. The molecule has 0 fully saturated rings. The molecular formula is C16H26N2O. The van der Waals surface area contributed by atoms with Gasteiger partial charge in [0.25, 0.3) is 0 Å². The quantitative estimate of drug-likeness (QED) is 0.850. The zero-order chi connectivity index (χ0) is 15.0. The van der Waals surface area contributed by atoms with Gasteiger partial charge in [-0.25, -0.2) is 5.01 Å². The number of nitrogens with one attached hydrogen (secondary N) is 1. The topological polar surface area (TPSA) is 32.3 Å². The molecule has 0 atom stereocenters. The summed E-state index contributed by atoms with van der Waals surface area (Å²) in [5.74, 6) is 0.0219. The number of hydrazine groups is 1. The molecule has 0 saturated carbocycles. The summed E-state index contributed by atoms with van der Waals surface area (Å²) in [4.78, 5) is 12.4. The molecule has 1 rings (SSSR count). The summed E-state index contributed by atoms with van der Waals surface area (Å²) < 4.78 is 0. The van der Waals surface area contributed by atoms with E-state index in [2.05, 4.69) is 39.2 Å². The first-order valence-corrected chi connectivity index (χ1v) is 6.65. The molecular weight excluding hydrogens is 236 g/mol. The van der Waals surface area contributed by atoms with Gasteiger partial charge in [0, 0.05) is 14.1 Å². The lowest BCUT2D eigenvalue weighted by atomic mass is 9.76. The van der Waals surface area contributed by atoms with Crippen LogP contribution >= 0.6 is 0 Å². The first-order chi connectivity index (χ1) is 8.59. The van der Waals surface area contributed by atoms with E-state index in [-0.39, 0.29) is 5.91 Å². The maximum absolute atomic E-state index is 12.4. The third kappa shape index (κ3) is 2.98. The number of amides is 1. The standard InChI is InChI=1S/C16H26N2O/c1-10-9-11(2)13(4)14(12(10)3)16(5,6)15(19)17-18(7)8/h9H,1-8H3,(H,17,19). The maximum atomic E-state index is 12.4. The average molecular weight is 262 g/mol. The SMILES string of the molecule is Cc1cc(C)c(C)c(C(C)(C)C(=O)NN(C)C)c1C. The average Bonchev–Trinajstić information content (AvgIpc) is 2.25. The van der Waals surface area contributed by atoms with Crippen LogP contribution in [0.15, 0.2) is 6.07 Å². The third-order valence-electron chi connectivity index (χ3n) is 3.88. The molecule has 0 aliphatic rings. The van der Waals surface area contributed by atoms with Crippen molar-refractivity contribution in [3.05, 3.63) is 33.9 Å². The van der Waals surface area contributed by atoms with Gasteiger partial charge in [0.2, 0.25) is 5.91 Å². The molecule has 3 nitrogen and oxygen atoms in total. The molecule has 0 heterocycles. The number of aryl methyl sites for hydroxylation is 2. The molecule has 0 unspecified atom stereocenters. The summed E-state index contributed by atoms with van der Waals surface area (Å²) >= 11 is 0. The molecule has 0 aliphatic heterocycles. The van der Waals surface area contributed by atoms with E-state index in [1.807, 2.05) is 27.9 Å². The molecule has 1 amide bonds. The minimum atomic E-state index is -0.546. The molecule has 1 aromatic rings. The van der Waals surface area contributed by atoms with Gasteiger partial charge >= 0.3 is 0 Å². The van der Waals surface area contributed by atoms with Gasteiger partial charge in [0.1, 0.15) is 0 Å². The lowest BCUT2D eigenvalue weighted by Crippen LogP contribution is -2.47. The van der Waals surface area contributed by atoms with Crippen molar-refractivity contribution in [1.29, 1.82) is 0 Å². The van der Waals surface area contributed by atoms with Crippen LogP contribution < -0.4 is 5.43 Å². The summed E-state index contributed by atoms with van der Waals surface area (Å²) in [5.41, 5.74) is 8.37. The predicted molar refractivity (Wildman–Crippen MR) is 80.2 cm³/mol. The normalized spacial score (nSPS) is 11.8. The van der Waals surface area contributed by atoms with Crippen molar-refractivity contribution in [3.63, 3.8) is 0 Å². The van der Waals surface area contributed by atoms with E-state index in [1.54, 1.807) is 5.01 Å². The molecule has 0 aliphatic carbocycles. The molecule has 19 heavy (non-hydrogen) atoms. The number of rotatable bonds is 3. The first kappa shape index (κ1) is 15.7. The predicted octanol–water partition coefficient (Wildman–Crippen LogP) is 2.79. The second-order valence-electron chi connectivity index (χ2n) is 6.10. The van der Waals surface area contributed by atoms with E-state index in [1.165, 1.54) is 22.3 Å². The van der Waals surface area contributed by atoms with Crippen LogP contribution in [0.4, 0.5) is 0 Å². The van der Waals surface area contributed by atoms with Crippen LogP contribution in [0.25, 0.3) is 0 Å². The smallest absolute Gasteiger partial charge is 0.244 e. The Hall–Kier alpha value is -1.35. The number of hydrogen-bond acceptors (Lipinski definition) is 2. The molecule has 0 radical (unpaired) electrons. The van der Waals surface area contributed by atoms with Crippen LogP contribution in [-0.4, -0.2) is 25.0 Å². The fourth-order valence-corrected chi connectivity index (χ4v) is 2.61. The second-order valence-corrected chi connectivity index (χ2v) is 6.10. The van der Waals surface area contributed by atoms with Gasteiger partial charge in [0.15, 0.2) is 0 Å². The molecule has 106 valence electrons. The van der Waals surface area contributed by atoms with Gasteiger partial charge < -0.3 is 0 Å². The third-order valence-corrected chi connectivity index (χ3v) is 3.88. The van der Waals surface area contributed by atoms with Crippen molar-refractivity contribution in [2.75, 3.05) is 14.1 Å². The number of benzene rings is 1. The second kappa shape index (κ2) is 5.33. The van der Waals surface area contributed by atoms with Crippen molar-refractivity contribution in [2.24, 2.45) is 0 Å². The first-order valence-electron chi connectivity index (χ1n) is 6.65. The Balaban J connectivity index is 3.40. The van der Waals surface area contributed by atoms with E-state index in [4.69, 9.17) is 0 Å². The minimum Gasteiger partial charge on any atom is -0.289 e. The lowest BCUT2D eigenvalue weighted by Gasteiger charge is -2.30. The number of hydrogen-bond donors (Lipinski definition) is 1. The zero-order valence-corrected chi connectivity index (χ0v) is 13.4. The number of carbonyl (C=O) groups excluding carboxylic acids is 1. The Kier molecular flexibility index (Phi) is 4.41. The van der Waals surface area contributed by atoms with Crippen LogP contribution in [0.2, 0.25) is 0 Å².